The lowest BCUT2D eigenvalue weighted by Gasteiger charge is -2.30. The molecule has 0 radical (unpaired) electrons. The van der Waals surface area contributed by atoms with Gasteiger partial charge < -0.3 is 9.42 Å². The summed E-state index contributed by atoms with van der Waals surface area (Å²) in [6, 6.07) is 6.74. The Morgan fingerprint density at radius 2 is 2.13 bits per heavy atom. The molecule has 2 aromatic rings. The fourth-order valence-corrected chi connectivity index (χ4v) is 4.04. The molecule has 3 rings (SSSR count). The fourth-order valence-electron chi connectivity index (χ4n) is 3.04. The maximum Gasteiger partial charge on any atom is 0.231 e. The molecular formula is C18H25N3OS. The van der Waals surface area contributed by atoms with Crippen LogP contribution in [0.4, 0.5) is 0 Å². The SMILES string of the molecule is Cc1noc([C@@H]2CCCN(CCSc3ccc(C)c(C)c3)C2)n1. The molecular weight excluding hydrogens is 306 g/mol. The highest BCUT2D eigenvalue weighted by Crippen LogP contribution is 2.26. The topological polar surface area (TPSA) is 42.2 Å². The highest BCUT2D eigenvalue weighted by molar-refractivity contribution is 7.99. The summed E-state index contributed by atoms with van der Waals surface area (Å²) in [4.78, 5) is 8.30. The summed E-state index contributed by atoms with van der Waals surface area (Å²) in [5.74, 6) is 3.07. The highest BCUT2D eigenvalue weighted by atomic mass is 32.2. The van der Waals surface area contributed by atoms with Crippen molar-refractivity contribution in [3.05, 3.63) is 41.0 Å². The van der Waals surface area contributed by atoms with Crippen molar-refractivity contribution >= 4 is 11.8 Å². The molecule has 124 valence electrons. The van der Waals surface area contributed by atoms with Crippen molar-refractivity contribution < 1.29 is 4.52 Å². The zero-order valence-corrected chi connectivity index (χ0v) is 15.0. The van der Waals surface area contributed by atoms with E-state index >= 15 is 0 Å². The van der Waals surface area contributed by atoms with Gasteiger partial charge in [-0.3, -0.25) is 0 Å². The Morgan fingerprint density at radius 3 is 2.87 bits per heavy atom. The first-order valence-corrected chi connectivity index (χ1v) is 9.33. The molecule has 1 aromatic heterocycles. The van der Waals surface area contributed by atoms with Crippen LogP contribution in [-0.4, -0.2) is 40.4 Å². The molecule has 23 heavy (non-hydrogen) atoms. The number of thioether (sulfide) groups is 1. The normalized spacial score (nSPS) is 19.2. The predicted octanol–water partition coefficient (Wildman–Crippen LogP) is 3.97. The summed E-state index contributed by atoms with van der Waals surface area (Å²) < 4.78 is 5.36. The molecule has 5 heteroatoms. The average Bonchev–Trinajstić information content (AvgIpc) is 2.98. The monoisotopic (exact) mass is 331 g/mol. The molecule has 2 heterocycles. The number of aromatic nitrogens is 2. The third kappa shape index (κ3) is 4.36. The van der Waals surface area contributed by atoms with Gasteiger partial charge in [-0.15, -0.1) is 11.8 Å². The van der Waals surface area contributed by atoms with Crippen LogP contribution in [-0.2, 0) is 0 Å². The van der Waals surface area contributed by atoms with Crippen LogP contribution in [0, 0.1) is 20.8 Å². The van der Waals surface area contributed by atoms with Gasteiger partial charge in [-0.05, 0) is 63.4 Å². The molecule has 1 aliphatic heterocycles. The van der Waals surface area contributed by atoms with Crippen molar-refractivity contribution in [3.63, 3.8) is 0 Å². The van der Waals surface area contributed by atoms with Crippen LogP contribution in [0.5, 0.6) is 0 Å². The van der Waals surface area contributed by atoms with E-state index in [0.717, 1.165) is 37.0 Å². The van der Waals surface area contributed by atoms with E-state index in [4.69, 9.17) is 4.52 Å². The van der Waals surface area contributed by atoms with Gasteiger partial charge in [0, 0.05) is 23.7 Å². The lowest BCUT2D eigenvalue weighted by Crippen LogP contribution is -2.36. The van der Waals surface area contributed by atoms with E-state index in [1.54, 1.807) is 0 Å². The van der Waals surface area contributed by atoms with E-state index < -0.39 is 0 Å². The summed E-state index contributed by atoms with van der Waals surface area (Å²) in [7, 11) is 0. The molecule has 0 saturated carbocycles. The van der Waals surface area contributed by atoms with Crippen molar-refractivity contribution in [2.45, 2.75) is 44.4 Å². The molecule has 0 amide bonds. The van der Waals surface area contributed by atoms with Gasteiger partial charge >= 0.3 is 0 Å². The van der Waals surface area contributed by atoms with Gasteiger partial charge in [-0.1, -0.05) is 11.2 Å². The Kier molecular flexibility index (Phi) is 5.38. The first-order valence-electron chi connectivity index (χ1n) is 8.34. The Morgan fingerprint density at radius 1 is 1.26 bits per heavy atom. The lowest BCUT2D eigenvalue weighted by atomic mass is 9.98. The van der Waals surface area contributed by atoms with Crippen LogP contribution < -0.4 is 0 Å². The minimum absolute atomic E-state index is 0.400. The van der Waals surface area contributed by atoms with Gasteiger partial charge in [-0.25, -0.2) is 0 Å². The maximum absolute atomic E-state index is 5.36. The van der Waals surface area contributed by atoms with Gasteiger partial charge in [0.15, 0.2) is 5.82 Å². The molecule has 1 aromatic carbocycles. The summed E-state index contributed by atoms with van der Waals surface area (Å²) in [5, 5.41) is 3.93. The standard InChI is InChI=1S/C18H25N3OS/c1-13-6-7-17(11-14(13)2)23-10-9-21-8-4-5-16(12-21)18-19-15(3)20-22-18/h6-7,11,16H,4-5,8-10,12H2,1-3H3/t16-/m1/s1. The van der Waals surface area contributed by atoms with Crippen molar-refractivity contribution in [2.24, 2.45) is 0 Å². The molecule has 0 bridgehead atoms. The Balaban J connectivity index is 1.49. The van der Waals surface area contributed by atoms with E-state index in [0.29, 0.717) is 5.92 Å². The van der Waals surface area contributed by atoms with Crippen LogP contribution in [0.15, 0.2) is 27.6 Å². The highest BCUT2D eigenvalue weighted by Gasteiger charge is 2.25. The van der Waals surface area contributed by atoms with E-state index in [1.807, 2.05) is 18.7 Å². The van der Waals surface area contributed by atoms with Crippen LogP contribution >= 0.6 is 11.8 Å². The largest absolute Gasteiger partial charge is 0.339 e. The number of aryl methyl sites for hydroxylation is 3. The molecule has 1 atom stereocenters. The zero-order chi connectivity index (χ0) is 16.2. The van der Waals surface area contributed by atoms with Crippen molar-refractivity contribution in [1.82, 2.24) is 15.0 Å². The summed E-state index contributed by atoms with van der Waals surface area (Å²) in [5.41, 5.74) is 2.74. The Hall–Kier alpha value is -1.33. The van der Waals surface area contributed by atoms with Crippen molar-refractivity contribution in [2.75, 3.05) is 25.4 Å². The zero-order valence-electron chi connectivity index (χ0n) is 14.2. The molecule has 1 aliphatic rings. The number of nitrogens with zero attached hydrogens (tertiary/aromatic N) is 3. The molecule has 1 saturated heterocycles. The van der Waals surface area contributed by atoms with Gasteiger partial charge in [0.05, 0.1) is 5.92 Å². The predicted molar refractivity (Wildman–Crippen MR) is 94.1 cm³/mol. The van der Waals surface area contributed by atoms with Crippen LogP contribution in [0.3, 0.4) is 0 Å². The second-order valence-corrected chi connectivity index (χ2v) is 7.58. The second-order valence-electron chi connectivity index (χ2n) is 6.41. The maximum atomic E-state index is 5.36. The molecule has 1 fully saturated rings. The smallest absolute Gasteiger partial charge is 0.231 e. The molecule has 0 spiro atoms. The summed E-state index contributed by atoms with van der Waals surface area (Å²) >= 11 is 1.95. The molecule has 0 N–H and O–H groups in total. The quantitative estimate of drug-likeness (QED) is 0.776. The summed E-state index contributed by atoms with van der Waals surface area (Å²) in [6.07, 6.45) is 2.36. The van der Waals surface area contributed by atoms with Crippen molar-refractivity contribution in [1.29, 1.82) is 0 Å². The number of piperidine rings is 1. The summed E-state index contributed by atoms with van der Waals surface area (Å²) in [6.45, 7) is 9.55. The van der Waals surface area contributed by atoms with Crippen LogP contribution in [0.1, 0.15) is 41.6 Å². The van der Waals surface area contributed by atoms with Gasteiger partial charge in [0.25, 0.3) is 0 Å². The van der Waals surface area contributed by atoms with E-state index in [1.165, 1.54) is 29.0 Å². The average molecular weight is 331 g/mol. The Bertz CT molecular complexity index is 655. The van der Waals surface area contributed by atoms with Crippen LogP contribution in [0.2, 0.25) is 0 Å². The van der Waals surface area contributed by atoms with Gasteiger partial charge in [0.2, 0.25) is 5.89 Å². The van der Waals surface area contributed by atoms with E-state index in [9.17, 15) is 0 Å². The fraction of sp³-hybridized carbons (Fsp3) is 0.556. The number of hydrogen-bond acceptors (Lipinski definition) is 5. The number of likely N-dealkylation sites (tertiary alicyclic amines) is 1. The van der Waals surface area contributed by atoms with Gasteiger partial charge in [-0.2, -0.15) is 4.98 Å². The minimum Gasteiger partial charge on any atom is -0.339 e. The lowest BCUT2D eigenvalue weighted by molar-refractivity contribution is 0.196. The molecule has 4 nitrogen and oxygen atoms in total. The molecule has 0 unspecified atom stereocenters. The Labute approximate surface area is 142 Å². The van der Waals surface area contributed by atoms with Gasteiger partial charge in [0.1, 0.15) is 0 Å². The minimum atomic E-state index is 0.400. The third-order valence-corrected chi connectivity index (χ3v) is 5.53. The first-order chi connectivity index (χ1) is 11.1. The van der Waals surface area contributed by atoms with Crippen LogP contribution in [0.25, 0.3) is 0 Å². The number of hydrogen-bond donors (Lipinski definition) is 0. The third-order valence-electron chi connectivity index (χ3n) is 4.55. The second kappa shape index (κ2) is 7.49. The first kappa shape index (κ1) is 16.5. The van der Waals surface area contributed by atoms with E-state index in [-0.39, 0.29) is 0 Å². The van der Waals surface area contributed by atoms with Crippen molar-refractivity contribution in [3.8, 4) is 0 Å². The molecule has 0 aliphatic carbocycles. The number of rotatable bonds is 5. The number of benzene rings is 1. The van der Waals surface area contributed by atoms with E-state index in [2.05, 4.69) is 47.1 Å².